The van der Waals surface area contributed by atoms with Gasteiger partial charge in [0.2, 0.25) is 5.43 Å². The van der Waals surface area contributed by atoms with E-state index in [1.165, 1.54) is 4.57 Å². The summed E-state index contributed by atoms with van der Waals surface area (Å²) in [6.07, 6.45) is 1.89. The maximum atomic E-state index is 13.8. The number of aromatic hydroxyl groups is 1. The number of nitrogens with one attached hydrogen (secondary N) is 1. The minimum Gasteiger partial charge on any atom is -0.503 e. The zero-order valence-electron chi connectivity index (χ0n) is 17.9. The lowest BCUT2D eigenvalue weighted by Crippen LogP contribution is -2.47. The predicted octanol–water partition coefficient (Wildman–Crippen LogP) is 2.79. The number of pyridine rings is 1. The van der Waals surface area contributed by atoms with E-state index in [9.17, 15) is 32.7 Å². The van der Waals surface area contributed by atoms with E-state index in [0.29, 0.717) is 24.6 Å². The van der Waals surface area contributed by atoms with Crippen LogP contribution in [0.15, 0.2) is 23.1 Å². The van der Waals surface area contributed by atoms with Crippen molar-refractivity contribution in [3.05, 3.63) is 62.8 Å². The second kappa shape index (κ2) is 9.05. The van der Waals surface area contributed by atoms with Crippen LogP contribution in [0.25, 0.3) is 0 Å². The average molecular weight is 451 g/mol. The van der Waals surface area contributed by atoms with E-state index >= 15 is 0 Å². The van der Waals surface area contributed by atoms with Gasteiger partial charge in [0.15, 0.2) is 11.4 Å². The van der Waals surface area contributed by atoms with Crippen molar-refractivity contribution in [1.82, 2.24) is 14.8 Å². The van der Waals surface area contributed by atoms with E-state index in [4.69, 9.17) is 0 Å². The zero-order valence-corrected chi connectivity index (χ0v) is 17.9. The summed E-state index contributed by atoms with van der Waals surface area (Å²) in [5, 5.41) is 12.6. The summed E-state index contributed by atoms with van der Waals surface area (Å²) in [4.78, 5) is 39.5. The second-order valence-electron chi connectivity index (χ2n) is 8.27. The molecule has 0 saturated carbocycles. The molecule has 3 rings (SSSR count). The molecule has 1 atom stereocenters. The highest BCUT2D eigenvalue weighted by Crippen LogP contribution is 2.24. The van der Waals surface area contributed by atoms with Gasteiger partial charge in [0.05, 0.1) is 0 Å². The van der Waals surface area contributed by atoms with Crippen LogP contribution < -0.4 is 10.7 Å². The second-order valence-corrected chi connectivity index (χ2v) is 8.27. The third-order valence-corrected chi connectivity index (χ3v) is 5.42. The van der Waals surface area contributed by atoms with E-state index in [1.807, 2.05) is 20.8 Å². The molecule has 7 nitrogen and oxygen atoms in total. The molecular formula is C22H24F3N3O4. The summed E-state index contributed by atoms with van der Waals surface area (Å²) in [5.74, 6) is -5.49. The average Bonchev–Trinajstić information content (AvgIpc) is 2.68. The van der Waals surface area contributed by atoms with Gasteiger partial charge in [0.25, 0.3) is 11.8 Å². The Hall–Kier alpha value is -3.30. The first kappa shape index (κ1) is 23.4. The Morgan fingerprint density at radius 3 is 2.34 bits per heavy atom. The molecule has 0 spiro atoms. The van der Waals surface area contributed by atoms with Gasteiger partial charge in [-0.3, -0.25) is 14.4 Å². The molecule has 1 unspecified atom stereocenters. The fraction of sp³-hybridized carbons (Fsp3) is 0.409. The van der Waals surface area contributed by atoms with Crippen LogP contribution in [-0.4, -0.2) is 39.0 Å². The fourth-order valence-corrected chi connectivity index (χ4v) is 3.90. The van der Waals surface area contributed by atoms with Gasteiger partial charge in [-0.05, 0) is 19.3 Å². The molecule has 0 fully saturated rings. The maximum Gasteiger partial charge on any atom is 0.274 e. The molecule has 1 aromatic carbocycles. The van der Waals surface area contributed by atoms with Crippen molar-refractivity contribution in [3.8, 4) is 5.75 Å². The van der Waals surface area contributed by atoms with E-state index < -0.39 is 58.1 Å². The number of fused-ring (bicyclic) bond motifs is 1. The van der Waals surface area contributed by atoms with Crippen LogP contribution in [0.3, 0.4) is 0 Å². The molecule has 2 aromatic rings. The number of benzene rings is 1. The Balaban J connectivity index is 1.85. The first-order valence-corrected chi connectivity index (χ1v) is 10.2. The summed E-state index contributed by atoms with van der Waals surface area (Å²) in [5.41, 5.74) is -2.33. The largest absolute Gasteiger partial charge is 0.503 e. The molecule has 2 heterocycles. The Kier molecular flexibility index (Phi) is 6.61. The predicted molar refractivity (Wildman–Crippen MR) is 110 cm³/mol. The van der Waals surface area contributed by atoms with Crippen LogP contribution in [0.1, 0.15) is 53.6 Å². The molecule has 0 saturated heterocycles. The lowest BCUT2D eigenvalue weighted by Gasteiger charge is -2.35. The third kappa shape index (κ3) is 4.49. The number of aromatic nitrogens is 1. The standard InChI is InChI=1S/C22H24F3N3O4/c1-11(2)6-12(3)28-5-4-27-10-15(19(29)20(30)18(27)22(28)32)21(31)26-9-14-16(24)7-13(23)8-17(14)25/h7-8,10-12,30H,4-6,9H2,1-3H3,(H,26,31). The Labute approximate surface area is 182 Å². The van der Waals surface area contributed by atoms with Crippen LogP contribution in [0.4, 0.5) is 13.2 Å². The van der Waals surface area contributed by atoms with Crippen LogP contribution >= 0.6 is 0 Å². The summed E-state index contributed by atoms with van der Waals surface area (Å²) in [6, 6.07) is 0.845. The highest BCUT2D eigenvalue weighted by Gasteiger charge is 2.33. The minimum atomic E-state index is -1.19. The van der Waals surface area contributed by atoms with E-state index in [-0.39, 0.29) is 18.3 Å². The number of halogens is 3. The highest BCUT2D eigenvalue weighted by molar-refractivity contribution is 5.99. The number of carbonyl (C=O) groups is 2. The number of amides is 2. The van der Waals surface area contributed by atoms with Gasteiger partial charge in [-0.2, -0.15) is 0 Å². The number of hydrogen-bond donors (Lipinski definition) is 2. The van der Waals surface area contributed by atoms with Gasteiger partial charge in [-0.15, -0.1) is 0 Å². The first-order chi connectivity index (χ1) is 15.0. The lowest BCUT2D eigenvalue weighted by molar-refractivity contribution is 0.0604. The Morgan fingerprint density at radius 1 is 1.12 bits per heavy atom. The molecule has 0 bridgehead atoms. The summed E-state index contributed by atoms with van der Waals surface area (Å²) >= 11 is 0. The number of carbonyl (C=O) groups excluding carboxylic acids is 2. The Bertz CT molecular complexity index is 1110. The highest BCUT2D eigenvalue weighted by atomic mass is 19.1. The molecule has 32 heavy (non-hydrogen) atoms. The van der Waals surface area contributed by atoms with Crippen molar-refractivity contribution >= 4 is 11.8 Å². The molecule has 0 aliphatic carbocycles. The maximum absolute atomic E-state index is 13.8. The van der Waals surface area contributed by atoms with Crippen molar-refractivity contribution in [2.24, 2.45) is 5.92 Å². The minimum absolute atomic E-state index is 0.103. The zero-order chi connectivity index (χ0) is 23.7. The van der Waals surface area contributed by atoms with Gasteiger partial charge in [-0.1, -0.05) is 13.8 Å². The molecule has 1 aliphatic rings. The molecule has 0 radical (unpaired) electrons. The Morgan fingerprint density at radius 2 is 1.75 bits per heavy atom. The molecule has 10 heteroatoms. The van der Waals surface area contributed by atoms with Gasteiger partial charge in [0.1, 0.15) is 23.0 Å². The van der Waals surface area contributed by atoms with E-state index in [0.717, 1.165) is 12.6 Å². The van der Waals surface area contributed by atoms with Crippen LogP contribution in [0, 0.1) is 23.4 Å². The normalized spacial score (nSPS) is 14.5. The molecule has 1 aliphatic heterocycles. The van der Waals surface area contributed by atoms with Crippen LogP contribution in [0.2, 0.25) is 0 Å². The quantitative estimate of drug-likeness (QED) is 0.707. The van der Waals surface area contributed by atoms with Crippen LogP contribution in [0.5, 0.6) is 5.75 Å². The third-order valence-electron chi connectivity index (χ3n) is 5.42. The summed E-state index contributed by atoms with van der Waals surface area (Å²) in [7, 11) is 0. The SMILES string of the molecule is CC(C)CC(C)N1CCn2cc(C(=O)NCc3c(F)cc(F)cc3F)c(=O)c(O)c2C1=O. The molecule has 2 amide bonds. The molecule has 1 aromatic heterocycles. The van der Waals surface area contributed by atoms with Crippen molar-refractivity contribution in [3.63, 3.8) is 0 Å². The number of hydrogen-bond acceptors (Lipinski definition) is 4. The van der Waals surface area contributed by atoms with Crippen molar-refractivity contribution in [2.45, 2.75) is 46.3 Å². The van der Waals surface area contributed by atoms with Gasteiger partial charge < -0.3 is 19.9 Å². The van der Waals surface area contributed by atoms with E-state index in [1.54, 1.807) is 4.90 Å². The monoisotopic (exact) mass is 451 g/mol. The van der Waals surface area contributed by atoms with Gasteiger partial charge >= 0.3 is 0 Å². The first-order valence-electron chi connectivity index (χ1n) is 10.2. The topological polar surface area (TPSA) is 91.6 Å². The summed E-state index contributed by atoms with van der Waals surface area (Å²) in [6.45, 7) is 5.87. The van der Waals surface area contributed by atoms with Crippen LogP contribution in [-0.2, 0) is 13.1 Å². The number of rotatable bonds is 6. The van der Waals surface area contributed by atoms with E-state index in [2.05, 4.69) is 5.32 Å². The lowest BCUT2D eigenvalue weighted by atomic mass is 10.0. The van der Waals surface area contributed by atoms with Crippen molar-refractivity contribution in [2.75, 3.05) is 6.54 Å². The van der Waals surface area contributed by atoms with Crippen molar-refractivity contribution < 1.29 is 27.9 Å². The smallest absolute Gasteiger partial charge is 0.274 e. The molecule has 2 N–H and O–H groups in total. The summed E-state index contributed by atoms with van der Waals surface area (Å²) < 4.78 is 41.9. The van der Waals surface area contributed by atoms with Crippen molar-refractivity contribution in [1.29, 1.82) is 0 Å². The van der Waals surface area contributed by atoms with Gasteiger partial charge in [0, 0.05) is 49.6 Å². The van der Waals surface area contributed by atoms with Gasteiger partial charge in [-0.25, -0.2) is 13.2 Å². The number of nitrogens with zero attached hydrogens (tertiary/aromatic N) is 2. The molecule has 172 valence electrons. The fourth-order valence-electron chi connectivity index (χ4n) is 3.90. The molecular weight excluding hydrogens is 427 g/mol.